The highest BCUT2D eigenvalue weighted by Gasteiger charge is 2.34. The first kappa shape index (κ1) is 16.1. The van der Waals surface area contributed by atoms with Crippen LogP contribution in [0.1, 0.15) is 60.7 Å². The SMILES string of the molecule is O=C(Nc1cnccn1)c1cccc(C2CCCN2C2CCCC2)n1. The van der Waals surface area contributed by atoms with Crippen molar-refractivity contribution < 1.29 is 4.79 Å². The number of hydrogen-bond donors (Lipinski definition) is 1. The molecule has 6 nitrogen and oxygen atoms in total. The smallest absolute Gasteiger partial charge is 0.275 e. The summed E-state index contributed by atoms with van der Waals surface area (Å²) in [7, 11) is 0. The maximum Gasteiger partial charge on any atom is 0.275 e. The van der Waals surface area contributed by atoms with Crippen molar-refractivity contribution in [1.29, 1.82) is 0 Å². The van der Waals surface area contributed by atoms with Gasteiger partial charge in [0, 0.05) is 18.4 Å². The van der Waals surface area contributed by atoms with Crippen molar-refractivity contribution in [3.05, 3.63) is 48.2 Å². The summed E-state index contributed by atoms with van der Waals surface area (Å²) in [6.45, 7) is 1.15. The fourth-order valence-corrected chi connectivity index (χ4v) is 4.09. The summed E-state index contributed by atoms with van der Waals surface area (Å²) in [5.41, 5.74) is 1.44. The van der Waals surface area contributed by atoms with Gasteiger partial charge in [0.05, 0.1) is 17.9 Å². The third-order valence-electron chi connectivity index (χ3n) is 5.24. The van der Waals surface area contributed by atoms with Crippen LogP contribution in [0.4, 0.5) is 5.82 Å². The molecule has 2 aliphatic rings. The van der Waals surface area contributed by atoms with E-state index in [0.29, 0.717) is 23.6 Å². The molecule has 4 rings (SSSR count). The summed E-state index contributed by atoms with van der Waals surface area (Å²) < 4.78 is 0. The lowest BCUT2D eigenvalue weighted by atomic mass is 10.1. The van der Waals surface area contributed by atoms with Gasteiger partial charge in [-0.25, -0.2) is 9.97 Å². The molecule has 0 aromatic carbocycles. The first-order valence-electron chi connectivity index (χ1n) is 9.11. The molecule has 0 bridgehead atoms. The Morgan fingerprint density at radius 2 is 2.00 bits per heavy atom. The first-order valence-corrected chi connectivity index (χ1v) is 9.11. The van der Waals surface area contributed by atoms with Crippen molar-refractivity contribution in [2.45, 2.75) is 50.6 Å². The zero-order valence-electron chi connectivity index (χ0n) is 14.3. The molecule has 3 heterocycles. The standard InChI is InChI=1S/C19H23N5O/c25-19(23-18-13-20-10-11-21-18)16-8-3-7-15(22-16)17-9-4-12-24(17)14-5-1-2-6-14/h3,7-8,10-11,13-14,17H,1-2,4-6,9,12H2,(H,21,23,25). The zero-order valence-corrected chi connectivity index (χ0v) is 14.3. The predicted octanol–water partition coefficient (Wildman–Crippen LogP) is 3.20. The molecule has 1 saturated carbocycles. The monoisotopic (exact) mass is 337 g/mol. The summed E-state index contributed by atoms with van der Waals surface area (Å²) in [6.07, 6.45) is 12.2. The number of nitrogens with one attached hydrogen (secondary N) is 1. The Balaban J connectivity index is 1.51. The van der Waals surface area contributed by atoms with Gasteiger partial charge in [-0.3, -0.25) is 14.7 Å². The molecule has 1 aliphatic heterocycles. The molecular formula is C19H23N5O. The number of hydrogen-bond acceptors (Lipinski definition) is 5. The fraction of sp³-hybridized carbons (Fsp3) is 0.474. The average molecular weight is 337 g/mol. The van der Waals surface area contributed by atoms with Crippen LogP contribution in [0.15, 0.2) is 36.8 Å². The van der Waals surface area contributed by atoms with E-state index in [-0.39, 0.29) is 5.91 Å². The molecular weight excluding hydrogens is 314 g/mol. The molecule has 1 N–H and O–H groups in total. The van der Waals surface area contributed by atoms with Gasteiger partial charge in [0.2, 0.25) is 0 Å². The molecule has 1 atom stereocenters. The zero-order chi connectivity index (χ0) is 17.1. The summed E-state index contributed by atoms with van der Waals surface area (Å²) >= 11 is 0. The van der Waals surface area contributed by atoms with Crippen LogP contribution in [0.5, 0.6) is 0 Å². The second-order valence-electron chi connectivity index (χ2n) is 6.83. The molecule has 1 unspecified atom stereocenters. The molecule has 6 heteroatoms. The number of amides is 1. The van der Waals surface area contributed by atoms with Gasteiger partial charge < -0.3 is 5.32 Å². The predicted molar refractivity (Wildman–Crippen MR) is 95.2 cm³/mol. The molecule has 130 valence electrons. The van der Waals surface area contributed by atoms with Crippen LogP contribution in [0.3, 0.4) is 0 Å². The Hall–Kier alpha value is -2.34. The lowest BCUT2D eigenvalue weighted by Crippen LogP contribution is -2.33. The highest BCUT2D eigenvalue weighted by Crippen LogP contribution is 2.37. The van der Waals surface area contributed by atoms with Gasteiger partial charge in [0.1, 0.15) is 5.69 Å². The normalized spacial score (nSPS) is 21.5. The Morgan fingerprint density at radius 3 is 2.80 bits per heavy atom. The molecule has 1 amide bonds. The number of rotatable bonds is 4. The van der Waals surface area contributed by atoms with Crippen LogP contribution in [-0.4, -0.2) is 38.3 Å². The fourth-order valence-electron chi connectivity index (χ4n) is 4.09. The maximum absolute atomic E-state index is 12.5. The highest BCUT2D eigenvalue weighted by molar-refractivity contribution is 6.02. The Morgan fingerprint density at radius 1 is 1.12 bits per heavy atom. The van der Waals surface area contributed by atoms with E-state index >= 15 is 0 Å². The number of nitrogens with zero attached hydrogens (tertiary/aromatic N) is 4. The van der Waals surface area contributed by atoms with Crippen molar-refractivity contribution >= 4 is 11.7 Å². The Kier molecular flexibility index (Phi) is 4.70. The third-order valence-corrected chi connectivity index (χ3v) is 5.24. The number of likely N-dealkylation sites (tertiary alicyclic amines) is 1. The lowest BCUT2D eigenvalue weighted by Gasteiger charge is -2.30. The quantitative estimate of drug-likeness (QED) is 0.927. The minimum atomic E-state index is -0.243. The molecule has 0 spiro atoms. The average Bonchev–Trinajstić information content (AvgIpc) is 3.34. The van der Waals surface area contributed by atoms with Crippen LogP contribution in [0.25, 0.3) is 0 Å². The van der Waals surface area contributed by atoms with E-state index in [4.69, 9.17) is 0 Å². The molecule has 1 aliphatic carbocycles. The van der Waals surface area contributed by atoms with E-state index < -0.39 is 0 Å². The largest absolute Gasteiger partial charge is 0.304 e. The number of carbonyl (C=O) groups excluding carboxylic acids is 1. The van der Waals surface area contributed by atoms with Gasteiger partial charge in [0.15, 0.2) is 5.82 Å². The van der Waals surface area contributed by atoms with Gasteiger partial charge in [-0.05, 0) is 44.4 Å². The van der Waals surface area contributed by atoms with E-state index in [9.17, 15) is 4.79 Å². The van der Waals surface area contributed by atoms with Crippen molar-refractivity contribution in [3.8, 4) is 0 Å². The van der Waals surface area contributed by atoms with Crippen LogP contribution < -0.4 is 5.32 Å². The number of pyridine rings is 1. The molecule has 2 aromatic rings. The molecule has 2 fully saturated rings. The van der Waals surface area contributed by atoms with E-state index in [1.165, 1.54) is 38.3 Å². The van der Waals surface area contributed by atoms with Crippen LogP contribution in [0.2, 0.25) is 0 Å². The Bertz CT molecular complexity index is 730. The van der Waals surface area contributed by atoms with E-state index in [2.05, 4.69) is 31.2 Å². The summed E-state index contributed by atoms with van der Waals surface area (Å²) in [6, 6.07) is 6.76. The van der Waals surface area contributed by atoms with Crippen molar-refractivity contribution in [2.75, 3.05) is 11.9 Å². The first-order chi connectivity index (χ1) is 12.3. The highest BCUT2D eigenvalue weighted by atomic mass is 16.1. The minimum absolute atomic E-state index is 0.243. The molecule has 2 aromatic heterocycles. The molecule has 0 radical (unpaired) electrons. The second kappa shape index (κ2) is 7.27. The van der Waals surface area contributed by atoms with Crippen molar-refractivity contribution in [1.82, 2.24) is 19.9 Å². The summed E-state index contributed by atoms with van der Waals surface area (Å²) in [5.74, 6) is 0.195. The van der Waals surface area contributed by atoms with Crippen LogP contribution >= 0.6 is 0 Å². The topological polar surface area (TPSA) is 71.0 Å². The minimum Gasteiger partial charge on any atom is -0.304 e. The van der Waals surface area contributed by atoms with Gasteiger partial charge in [0.25, 0.3) is 5.91 Å². The van der Waals surface area contributed by atoms with Gasteiger partial charge in [-0.1, -0.05) is 18.9 Å². The van der Waals surface area contributed by atoms with Gasteiger partial charge in [-0.2, -0.15) is 0 Å². The van der Waals surface area contributed by atoms with Crippen molar-refractivity contribution in [3.63, 3.8) is 0 Å². The van der Waals surface area contributed by atoms with E-state index in [1.54, 1.807) is 18.5 Å². The number of carbonyl (C=O) groups is 1. The molecule has 1 saturated heterocycles. The Labute approximate surface area is 147 Å². The molecule has 25 heavy (non-hydrogen) atoms. The summed E-state index contributed by atoms with van der Waals surface area (Å²) in [4.78, 5) is 27.8. The van der Waals surface area contributed by atoms with Crippen LogP contribution in [0, 0.1) is 0 Å². The van der Waals surface area contributed by atoms with E-state index in [0.717, 1.165) is 18.7 Å². The second-order valence-corrected chi connectivity index (χ2v) is 6.83. The number of aromatic nitrogens is 3. The van der Waals surface area contributed by atoms with Crippen LogP contribution in [-0.2, 0) is 0 Å². The summed E-state index contributed by atoms with van der Waals surface area (Å²) in [5, 5.41) is 2.75. The van der Waals surface area contributed by atoms with Gasteiger partial charge in [-0.15, -0.1) is 0 Å². The van der Waals surface area contributed by atoms with Gasteiger partial charge >= 0.3 is 0 Å². The third kappa shape index (κ3) is 3.54. The number of anilines is 1. The maximum atomic E-state index is 12.5. The van der Waals surface area contributed by atoms with Crippen molar-refractivity contribution in [2.24, 2.45) is 0 Å². The lowest BCUT2D eigenvalue weighted by molar-refractivity contribution is 0.102. The van der Waals surface area contributed by atoms with E-state index in [1.807, 2.05) is 6.07 Å².